The minimum Gasteiger partial charge on any atom is -0.308 e. The number of hydrogen-bond acceptors (Lipinski definition) is 6. The molecule has 0 saturated carbocycles. The van der Waals surface area contributed by atoms with Gasteiger partial charge in [-0.05, 0) is 49.2 Å². The Hall–Kier alpha value is -2.78. The lowest BCUT2D eigenvalue weighted by molar-refractivity contribution is -0.116. The van der Waals surface area contributed by atoms with Crippen molar-refractivity contribution >= 4 is 45.7 Å². The number of thioether (sulfide) groups is 1. The van der Waals surface area contributed by atoms with Crippen LogP contribution in [0.4, 0.5) is 15.2 Å². The fourth-order valence-corrected chi connectivity index (χ4v) is 4.83. The van der Waals surface area contributed by atoms with Crippen LogP contribution in [-0.2, 0) is 11.2 Å². The zero-order chi connectivity index (χ0) is 20.4. The van der Waals surface area contributed by atoms with Crippen molar-refractivity contribution in [1.82, 2.24) is 10.2 Å². The molecule has 148 valence electrons. The Morgan fingerprint density at radius 3 is 2.76 bits per heavy atom. The van der Waals surface area contributed by atoms with Crippen molar-refractivity contribution in [2.75, 3.05) is 16.0 Å². The van der Waals surface area contributed by atoms with E-state index in [2.05, 4.69) is 15.5 Å². The fraction of sp³-hybridized carbons (Fsp3) is 0.200. The van der Waals surface area contributed by atoms with E-state index in [0.717, 1.165) is 12.1 Å². The van der Waals surface area contributed by atoms with Crippen molar-refractivity contribution in [1.29, 1.82) is 0 Å². The second-order valence-corrected chi connectivity index (χ2v) is 8.77. The van der Waals surface area contributed by atoms with Gasteiger partial charge < -0.3 is 4.90 Å². The summed E-state index contributed by atoms with van der Waals surface area (Å²) < 4.78 is 13.6. The van der Waals surface area contributed by atoms with E-state index in [0.29, 0.717) is 15.0 Å². The average Bonchev–Trinajstić information content (AvgIpc) is 3.29. The van der Waals surface area contributed by atoms with E-state index in [1.165, 1.54) is 52.9 Å². The Balaban J connectivity index is 1.35. The number of amides is 2. The SMILES string of the molecule is C[C@H]1Cc2ccccc2N1C(=O)CSc1nnc(NC(=O)c2ccc(F)cc2)s1. The van der Waals surface area contributed by atoms with Gasteiger partial charge in [-0.2, -0.15) is 0 Å². The highest BCUT2D eigenvalue weighted by molar-refractivity contribution is 8.01. The number of rotatable bonds is 5. The molecule has 0 unspecified atom stereocenters. The molecule has 0 spiro atoms. The standard InChI is InChI=1S/C20H17FN4O2S2/c1-12-10-14-4-2-3-5-16(14)25(12)17(26)11-28-20-24-23-19(29-20)22-18(27)13-6-8-15(21)9-7-13/h2-9,12H,10-11H2,1H3,(H,22,23,27)/t12-/m0/s1. The number of carbonyl (C=O) groups excluding carboxylic acids is 2. The second kappa shape index (κ2) is 8.30. The molecule has 2 aromatic carbocycles. The number of fused-ring (bicyclic) bond motifs is 1. The van der Waals surface area contributed by atoms with Crippen LogP contribution >= 0.6 is 23.1 Å². The molecule has 4 rings (SSSR count). The van der Waals surface area contributed by atoms with Crippen LogP contribution in [-0.4, -0.2) is 33.8 Å². The number of para-hydroxylation sites is 1. The van der Waals surface area contributed by atoms with Crippen LogP contribution in [0.5, 0.6) is 0 Å². The predicted molar refractivity (Wildman–Crippen MR) is 112 cm³/mol. The van der Waals surface area contributed by atoms with Gasteiger partial charge in [-0.25, -0.2) is 4.39 Å². The minimum atomic E-state index is -0.407. The van der Waals surface area contributed by atoms with Crippen molar-refractivity contribution < 1.29 is 14.0 Å². The summed E-state index contributed by atoms with van der Waals surface area (Å²) in [5, 5.41) is 10.9. The summed E-state index contributed by atoms with van der Waals surface area (Å²) in [5.41, 5.74) is 2.47. The molecule has 1 aromatic heterocycles. The molecule has 2 amide bonds. The lowest BCUT2D eigenvalue weighted by atomic mass is 10.1. The van der Waals surface area contributed by atoms with Gasteiger partial charge in [-0.15, -0.1) is 10.2 Å². The molecule has 0 saturated heterocycles. The van der Waals surface area contributed by atoms with E-state index in [1.807, 2.05) is 36.1 Å². The first-order chi connectivity index (χ1) is 14.0. The van der Waals surface area contributed by atoms with Gasteiger partial charge >= 0.3 is 0 Å². The summed E-state index contributed by atoms with van der Waals surface area (Å²) in [7, 11) is 0. The van der Waals surface area contributed by atoms with Crippen molar-refractivity contribution in [3.05, 3.63) is 65.5 Å². The smallest absolute Gasteiger partial charge is 0.257 e. The molecule has 3 aromatic rings. The number of halogens is 1. The van der Waals surface area contributed by atoms with Gasteiger partial charge in [-0.3, -0.25) is 14.9 Å². The van der Waals surface area contributed by atoms with Gasteiger partial charge in [0.15, 0.2) is 4.34 Å². The zero-order valence-electron chi connectivity index (χ0n) is 15.5. The maximum atomic E-state index is 13.0. The predicted octanol–water partition coefficient (Wildman–Crippen LogP) is 4.00. The molecule has 1 atom stereocenters. The Labute approximate surface area is 175 Å². The minimum absolute atomic E-state index is 0.0135. The molecule has 0 radical (unpaired) electrons. The van der Waals surface area contributed by atoms with E-state index in [1.54, 1.807) is 0 Å². The molecular formula is C20H17FN4O2S2. The summed E-state index contributed by atoms with van der Waals surface area (Å²) in [6.45, 7) is 2.04. The van der Waals surface area contributed by atoms with Crippen LogP contribution in [0.2, 0.25) is 0 Å². The Morgan fingerprint density at radius 1 is 1.21 bits per heavy atom. The molecule has 9 heteroatoms. The third-order valence-electron chi connectivity index (χ3n) is 4.53. The van der Waals surface area contributed by atoms with Gasteiger partial charge in [0.1, 0.15) is 5.82 Å². The molecular weight excluding hydrogens is 411 g/mol. The van der Waals surface area contributed by atoms with E-state index < -0.39 is 11.7 Å². The first-order valence-corrected chi connectivity index (χ1v) is 10.7. The molecule has 1 aliphatic rings. The first kappa shape index (κ1) is 19.5. The highest BCUT2D eigenvalue weighted by Gasteiger charge is 2.30. The topological polar surface area (TPSA) is 75.2 Å². The number of nitrogens with zero attached hydrogens (tertiary/aromatic N) is 3. The molecule has 0 fully saturated rings. The third-order valence-corrected chi connectivity index (χ3v) is 6.49. The number of benzene rings is 2. The molecule has 1 N–H and O–H groups in total. The van der Waals surface area contributed by atoms with Crippen LogP contribution in [0, 0.1) is 5.82 Å². The monoisotopic (exact) mass is 428 g/mol. The number of nitrogens with one attached hydrogen (secondary N) is 1. The molecule has 1 aliphatic heterocycles. The zero-order valence-corrected chi connectivity index (χ0v) is 17.1. The number of hydrogen-bond donors (Lipinski definition) is 1. The quantitative estimate of drug-likeness (QED) is 0.491. The number of aromatic nitrogens is 2. The van der Waals surface area contributed by atoms with Crippen LogP contribution in [0.3, 0.4) is 0 Å². The second-order valence-electron chi connectivity index (χ2n) is 6.57. The third kappa shape index (κ3) is 4.30. The summed E-state index contributed by atoms with van der Waals surface area (Å²) in [4.78, 5) is 26.7. The fourth-order valence-electron chi connectivity index (χ4n) is 3.23. The maximum Gasteiger partial charge on any atom is 0.257 e. The lowest BCUT2D eigenvalue weighted by Crippen LogP contribution is -2.36. The highest BCUT2D eigenvalue weighted by atomic mass is 32.2. The maximum absolute atomic E-state index is 13.0. The highest BCUT2D eigenvalue weighted by Crippen LogP contribution is 2.33. The van der Waals surface area contributed by atoms with Crippen molar-refractivity contribution in [2.24, 2.45) is 0 Å². The van der Waals surface area contributed by atoms with Crippen LogP contribution in [0.15, 0.2) is 52.9 Å². The molecule has 2 heterocycles. The van der Waals surface area contributed by atoms with Gasteiger partial charge in [0, 0.05) is 17.3 Å². The summed E-state index contributed by atoms with van der Waals surface area (Å²) in [6, 6.07) is 13.3. The number of carbonyl (C=O) groups is 2. The first-order valence-electron chi connectivity index (χ1n) is 8.94. The van der Waals surface area contributed by atoms with Crippen molar-refractivity contribution in [3.8, 4) is 0 Å². The average molecular weight is 429 g/mol. The van der Waals surface area contributed by atoms with Crippen molar-refractivity contribution in [2.45, 2.75) is 23.7 Å². The Morgan fingerprint density at radius 2 is 1.97 bits per heavy atom. The summed E-state index contributed by atoms with van der Waals surface area (Å²) in [5.74, 6) is -0.550. The summed E-state index contributed by atoms with van der Waals surface area (Å²) in [6.07, 6.45) is 0.852. The van der Waals surface area contributed by atoms with Crippen molar-refractivity contribution in [3.63, 3.8) is 0 Å². The lowest BCUT2D eigenvalue weighted by Gasteiger charge is -2.22. The van der Waals surface area contributed by atoms with E-state index in [9.17, 15) is 14.0 Å². The van der Waals surface area contributed by atoms with Gasteiger partial charge in [0.05, 0.1) is 5.75 Å². The Kier molecular flexibility index (Phi) is 5.59. The van der Waals surface area contributed by atoms with E-state index in [-0.39, 0.29) is 17.7 Å². The van der Waals surface area contributed by atoms with Gasteiger partial charge in [0.25, 0.3) is 5.91 Å². The summed E-state index contributed by atoms with van der Waals surface area (Å²) >= 11 is 2.48. The van der Waals surface area contributed by atoms with Crippen LogP contribution in [0.25, 0.3) is 0 Å². The van der Waals surface area contributed by atoms with Crippen LogP contribution < -0.4 is 10.2 Å². The van der Waals surface area contributed by atoms with Crippen LogP contribution in [0.1, 0.15) is 22.8 Å². The van der Waals surface area contributed by atoms with E-state index in [4.69, 9.17) is 0 Å². The van der Waals surface area contributed by atoms with E-state index >= 15 is 0 Å². The number of anilines is 2. The molecule has 0 bridgehead atoms. The largest absolute Gasteiger partial charge is 0.308 e. The molecule has 29 heavy (non-hydrogen) atoms. The normalized spacial score (nSPS) is 15.2. The van der Waals surface area contributed by atoms with Gasteiger partial charge in [0.2, 0.25) is 11.0 Å². The molecule has 6 nitrogen and oxygen atoms in total. The Bertz CT molecular complexity index is 1050. The molecule has 0 aliphatic carbocycles. The van der Waals surface area contributed by atoms with Gasteiger partial charge in [-0.1, -0.05) is 41.3 Å².